The first-order chi connectivity index (χ1) is 25.8. The molecule has 5 aromatic rings. The van der Waals surface area contributed by atoms with Gasteiger partial charge in [-0.05, 0) is 106 Å². The van der Waals surface area contributed by atoms with Crippen molar-refractivity contribution in [2.75, 3.05) is 14.2 Å². The molecule has 1 fully saturated rings. The molecule has 0 aliphatic carbocycles. The quantitative estimate of drug-likeness (QED) is 0.103. The largest absolute Gasteiger partial charge is 0.496 e. The second kappa shape index (κ2) is 16.6. The minimum Gasteiger partial charge on any atom is -0.496 e. The fraction of sp³-hybridized carbons (Fsp3) is 0.372. The first-order valence-electron chi connectivity index (χ1n) is 18.0. The molecular formula is C43H48BBrF3NO6. The van der Waals surface area contributed by atoms with Crippen molar-refractivity contribution in [1.82, 2.24) is 4.90 Å². The van der Waals surface area contributed by atoms with Crippen molar-refractivity contribution in [3.8, 4) is 5.75 Å². The lowest BCUT2D eigenvalue weighted by Crippen LogP contribution is -2.41. The summed E-state index contributed by atoms with van der Waals surface area (Å²) in [6, 6.07) is 28.2. The van der Waals surface area contributed by atoms with E-state index >= 15 is 0 Å². The summed E-state index contributed by atoms with van der Waals surface area (Å²) in [6.07, 6.45) is -4.51. The first-order valence-corrected chi connectivity index (χ1v) is 18.8. The number of methoxy groups -OCH3 is 2. The van der Waals surface area contributed by atoms with Crippen LogP contribution in [0.4, 0.5) is 13.2 Å². The topological polar surface area (TPSA) is 70.4 Å². The van der Waals surface area contributed by atoms with Crippen LogP contribution in [0.15, 0.2) is 99.9 Å². The molecule has 55 heavy (non-hydrogen) atoms. The standard InChI is InChI=1S/C26H23BrF3NO2.C17H25BO4/c1-17-7-8-18-5-3-4-6-22(18)23(17)16-31(14-19-9-10-20(27)13-24(19)32-2)15-21-11-12-25(33-21)26(28,29)30;1-15(2,14(19)20-7)12-9-8-10-13(11-12)18-21-16(3,4)17(5,6)22-18/h3-13H,14-16H2,1-2H3;8-11H,1-7H3. The first kappa shape index (κ1) is 42.1. The maximum atomic E-state index is 13.1. The number of fused-ring (bicyclic) bond motifs is 1. The van der Waals surface area contributed by atoms with Gasteiger partial charge >= 0.3 is 19.3 Å². The van der Waals surface area contributed by atoms with Crippen molar-refractivity contribution in [1.29, 1.82) is 0 Å². The van der Waals surface area contributed by atoms with E-state index in [1.807, 2.05) is 96.1 Å². The second-order valence-corrected chi connectivity index (χ2v) is 16.2. The van der Waals surface area contributed by atoms with Gasteiger partial charge in [-0.2, -0.15) is 13.2 Å². The number of halogens is 4. The van der Waals surface area contributed by atoms with E-state index in [1.54, 1.807) is 7.11 Å². The molecule has 4 aromatic carbocycles. The highest BCUT2D eigenvalue weighted by Crippen LogP contribution is 2.37. The van der Waals surface area contributed by atoms with Crippen molar-refractivity contribution in [2.24, 2.45) is 0 Å². The van der Waals surface area contributed by atoms with E-state index in [1.165, 1.54) is 13.2 Å². The number of carbonyl (C=O) groups is 1. The number of esters is 1. The van der Waals surface area contributed by atoms with Gasteiger partial charge in [0.05, 0.1) is 37.4 Å². The fourth-order valence-electron chi connectivity index (χ4n) is 6.40. The SMILES string of the molecule is COC(=O)C(C)(C)c1cccc(B2OC(C)(C)C(C)(C)O2)c1.COc1cc(Br)ccc1CN(Cc1ccc(C(F)(F)F)o1)Cc1c(C)ccc2ccccc12. The van der Waals surface area contributed by atoms with E-state index in [0.717, 1.165) is 49.0 Å². The van der Waals surface area contributed by atoms with Crippen molar-refractivity contribution < 1.29 is 41.2 Å². The molecular weight excluding hydrogens is 774 g/mol. The zero-order valence-electron chi connectivity index (χ0n) is 32.8. The van der Waals surface area contributed by atoms with Crippen LogP contribution in [0, 0.1) is 6.92 Å². The number of furan rings is 1. The zero-order chi connectivity index (χ0) is 40.3. The monoisotopic (exact) mass is 821 g/mol. The van der Waals surface area contributed by atoms with E-state index in [-0.39, 0.29) is 29.5 Å². The van der Waals surface area contributed by atoms with Gasteiger partial charge in [0.15, 0.2) is 0 Å². The van der Waals surface area contributed by atoms with Crippen LogP contribution in [0.25, 0.3) is 10.8 Å². The Morgan fingerprint density at radius 2 is 1.53 bits per heavy atom. The average molecular weight is 823 g/mol. The molecule has 0 unspecified atom stereocenters. The molecule has 0 radical (unpaired) electrons. The Bertz CT molecular complexity index is 2110. The summed E-state index contributed by atoms with van der Waals surface area (Å²) < 4.78 is 67.8. The molecule has 0 saturated carbocycles. The van der Waals surface area contributed by atoms with Crippen molar-refractivity contribution >= 4 is 45.3 Å². The number of hydrogen-bond acceptors (Lipinski definition) is 7. The third kappa shape index (κ3) is 9.66. The van der Waals surface area contributed by atoms with Crippen LogP contribution in [0.1, 0.15) is 75.3 Å². The highest BCUT2D eigenvalue weighted by molar-refractivity contribution is 9.10. The van der Waals surface area contributed by atoms with Crippen molar-refractivity contribution in [3.05, 3.63) is 129 Å². The van der Waals surface area contributed by atoms with Gasteiger partial charge in [0.25, 0.3) is 0 Å². The van der Waals surface area contributed by atoms with E-state index < -0.39 is 24.5 Å². The number of hydrogen-bond donors (Lipinski definition) is 0. The predicted molar refractivity (Wildman–Crippen MR) is 213 cm³/mol. The molecule has 1 saturated heterocycles. The minimum atomic E-state index is -4.51. The summed E-state index contributed by atoms with van der Waals surface area (Å²) in [6.45, 7) is 15.1. The Balaban J connectivity index is 0.000000229. The molecule has 1 aliphatic heterocycles. The highest BCUT2D eigenvalue weighted by atomic mass is 79.9. The molecule has 2 heterocycles. The highest BCUT2D eigenvalue weighted by Gasteiger charge is 2.52. The molecule has 292 valence electrons. The number of aryl methyl sites for hydroxylation is 1. The Kier molecular flexibility index (Phi) is 12.7. The fourth-order valence-corrected chi connectivity index (χ4v) is 6.74. The number of carbonyl (C=O) groups excluding carboxylic acids is 1. The normalized spacial score (nSPS) is 15.2. The van der Waals surface area contributed by atoms with Gasteiger partial charge < -0.3 is 23.2 Å². The van der Waals surface area contributed by atoms with Crippen LogP contribution in [0.3, 0.4) is 0 Å². The van der Waals surface area contributed by atoms with E-state index in [2.05, 4.69) is 52.0 Å². The molecule has 0 atom stereocenters. The van der Waals surface area contributed by atoms with Gasteiger partial charge in [0.2, 0.25) is 5.76 Å². The van der Waals surface area contributed by atoms with Gasteiger partial charge in [0, 0.05) is 23.1 Å². The third-order valence-electron chi connectivity index (χ3n) is 10.4. The molecule has 7 nitrogen and oxygen atoms in total. The van der Waals surface area contributed by atoms with Crippen LogP contribution in [0.5, 0.6) is 5.75 Å². The smallest absolute Gasteiger partial charge is 0.494 e. The van der Waals surface area contributed by atoms with E-state index in [9.17, 15) is 18.0 Å². The number of ether oxygens (including phenoxy) is 2. The lowest BCUT2D eigenvalue weighted by Gasteiger charge is -2.32. The van der Waals surface area contributed by atoms with Gasteiger partial charge in [-0.15, -0.1) is 0 Å². The van der Waals surface area contributed by atoms with Gasteiger partial charge in [-0.25, -0.2) is 0 Å². The summed E-state index contributed by atoms with van der Waals surface area (Å²) >= 11 is 3.45. The van der Waals surface area contributed by atoms with Crippen LogP contribution in [0.2, 0.25) is 0 Å². The number of rotatable bonds is 10. The Morgan fingerprint density at radius 3 is 2.16 bits per heavy atom. The zero-order valence-corrected chi connectivity index (χ0v) is 34.4. The molecule has 1 aromatic heterocycles. The van der Waals surface area contributed by atoms with E-state index in [4.69, 9.17) is 23.2 Å². The number of nitrogens with zero attached hydrogens (tertiary/aromatic N) is 1. The maximum Gasteiger partial charge on any atom is 0.494 e. The molecule has 1 aliphatic rings. The molecule has 6 rings (SSSR count). The van der Waals surface area contributed by atoms with Crippen LogP contribution in [-0.2, 0) is 50.1 Å². The van der Waals surface area contributed by atoms with Crippen LogP contribution < -0.4 is 10.2 Å². The molecule has 0 amide bonds. The lowest BCUT2D eigenvalue weighted by atomic mass is 9.75. The summed E-state index contributed by atoms with van der Waals surface area (Å²) in [5.74, 6) is -0.283. The Labute approximate surface area is 330 Å². The summed E-state index contributed by atoms with van der Waals surface area (Å²) in [7, 11) is 2.58. The van der Waals surface area contributed by atoms with Gasteiger partial charge in [-0.1, -0.05) is 82.7 Å². The van der Waals surface area contributed by atoms with Crippen molar-refractivity contribution in [2.45, 2.75) is 90.9 Å². The maximum absolute atomic E-state index is 13.1. The number of benzene rings is 4. The second-order valence-electron chi connectivity index (χ2n) is 15.3. The van der Waals surface area contributed by atoms with Gasteiger partial charge in [0.1, 0.15) is 11.5 Å². The van der Waals surface area contributed by atoms with Crippen LogP contribution in [-0.4, -0.2) is 43.4 Å². The Hall–Kier alpha value is -4.10. The molecule has 0 spiro atoms. The third-order valence-corrected chi connectivity index (χ3v) is 10.9. The average Bonchev–Trinajstić information content (AvgIpc) is 3.70. The van der Waals surface area contributed by atoms with Crippen molar-refractivity contribution in [3.63, 3.8) is 0 Å². The van der Waals surface area contributed by atoms with E-state index in [0.29, 0.717) is 18.8 Å². The van der Waals surface area contributed by atoms with Gasteiger partial charge in [-0.3, -0.25) is 9.69 Å². The summed E-state index contributed by atoms with van der Waals surface area (Å²) in [4.78, 5) is 14.1. The summed E-state index contributed by atoms with van der Waals surface area (Å²) in [5.41, 5.74) is 3.50. The molecule has 0 N–H and O–H groups in total. The lowest BCUT2D eigenvalue weighted by molar-refractivity contribution is -0.153. The Morgan fingerprint density at radius 1 is 0.836 bits per heavy atom. The predicted octanol–water partition coefficient (Wildman–Crippen LogP) is 10.2. The molecule has 12 heteroatoms. The minimum absolute atomic E-state index is 0.220. The molecule has 0 bridgehead atoms. The summed E-state index contributed by atoms with van der Waals surface area (Å²) in [5, 5.41) is 2.25. The number of alkyl halides is 3. The van der Waals surface area contributed by atoms with Crippen LogP contribution >= 0.6 is 15.9 Å².